The van der Waals surface area contributed by atoms with E-state index in [1.807, 2.05) is 25.1 Å². The van der Waals surface area contributed by atoms with Gasteiger partial charge in [0.2, 0.25) is 0 Å². The van der Waals surface area contributed by atoms with Gasteiger partial charge in [-0.2, -0.15) is 0 Å². The number of rotatable bonds is 5. The molecule has 2 heteroatoms. The zero-order chi connectivity index (χ0) is 12.8. The van der Waals surface area contributed by atoms with Crippen LogP contribution in [0.1, 0.15) is 12.5 Å². The van der Waals surface area contributed by atoms with Crippen molar-refractivity contribution in [1.29, 1.82) is 0 Å². The van der Waals surface area contributed by atoms with Crippen molar-refractivity contribution in [3.8, 4) is 5.75 Å². The molecule has 0 heterocycles. The standard InChI is InChI=1S/C16H19NO/c1-2-3-12-18-16-9-8-13-6-4-5-7-14(13)15(16)10-11-17/h2-9H,10-12,17H2,1H3/b3-2+. The quantitative estimate of drug-likeness (QED) is 0.815. The Kier molecular flexibility index (Phi) is 4.37. The van der Waals surface area contributed by atoms with E-state index in [1.54, 1.807) is 0 Å². The normalized spacial score (nSPS) is 11.2. The molecule has 18 heavy (non-hydrogen) atoms. The van der Waals surface area contributed by atoms with Gasteiger partial charge in [-0.1, -0.05) is 42.5 Å². The Labute approximate surface area is 108 Å². The van der Waals surface area contributed by atoms with Crippen LogP contribution in [0.2, 0.25) is 0 Å². The molecule has 0 saturated carbocycles. The van der Waals surface area contributed by atoms with Crippen LogP contribution in [0.3, 0.4) is 0 Å². The molecule has 0 aliphatic heterocycles. The summed E-state index contributed by atoms with van der Waals surface area (Å²) in [5, 5.41) is 2.47. The highest BCUT2D eigenvalue weighted by Gasteiger charge is 2.07. The van der Waals surface area contributed by atoms with Gasteiger partial charge in [0.15, 0.2) is 0 Å². The van der Waals surface area contributed by atoms with E-state index in [-0.39, 0.29) is 0 Å². The molecule has 2 N–H and O–H groups in total. The lowest BCUT2D eigenvalue weighted by Crippen LogP contribution is -2.06. The molecule has 0 spiro atoms. The maximum absolute atomic E-state index is 5.80. The monoisotopic (exact) mass is 241 g/mol. The van der Waals surface area contributed by atoms with Gasteiger partial charge < -0.3 is 10.5 Å². The second-order valence-electron chi connectivity index (χ2n) is 4.18. The molecule has 2 nitrogen and oxygen atoms in total. The second-order valence-corrected chi connectivity index (χ2v) is 4.18. The molecule has 0 atom stereocenters. The van der Waals surface area contributed by atoms with Gasteiger partial charge in [0.05, 0.1) is 0 Å². The molecule has 0 radical (unpaired) electrons. The van der Waals surface area contributed by atoms with Gasteiger partial charge in [-0.3, -0.25) is 0 Å². The summed E-state index contributed by atoms with van der Waals surface area (Å²) >= 11 is 0. The van der Waals surface area contributed by atoms with Crippen LogP contribution in [-0.4, -0.2) is 13.2 Å². The number of hydrogen-bond donors (Lipinski definition) is 1. The lowest BCUT2D eigenvalue weighted by atomic mass is 10.0. The first kappa shape index (κ1) is 12.7. The first-order valence-electron chi connectivity index (χ1n) is 6.31. The van der Waals surface area contributed by atoms with Gasteiger partial charge in [-0.15, -0.1) is 0 Å². The van der Waals surface area contributed by atoms with E-state index >= 15 is 0 Å². The van der Waals surface area contributed by atoms with Crippen molar-refractivity contribution in [3.63, 3.8) is 0 Å². The van der Waals surface area contributed by atoms with E-state index in [0.717, 1.165) is 12.2 Å². The van der Waals surface area contributed by atoms with E-state index in [2.05, 4.69) is 30.3 Å². The molecule has 0 saturated heterocycles. The number of benzene rings is 2. The minimum Gasteiger partial charge on any atom is -0.489 e. The number of nitrogens with two attached hydrogens (primary N) is 1. The highest BCUT2D eigenvalue weighted by atomic mass is 16.5. The van der Waals surface area contributed by atoms with Gasteiger partial charge in [0.25, 0.3) is 0 Å². The van der Waals surface area contributed by atoms with E-state index in [4.69, 9.17) is 10.5 Å². The lowest BCUT2D eigenvalue weighted by molar-refractivity contribution is 0.359. The van der Waals surface area contributed by atoms with Crippen molar-refractivity contribution >= 4 is 10.8 Å². The molecule has 0 aliphatic rings. The molecule has 0 aliphatic carbocycles. The van der Waals surface area contributed by atoms with Crippen LogP contribution in [-0.2, 0) is 6.42 Å². The molecule has 0 bridgehead atoms. The Balaban J connectivity index is 2.41. The number of hydrogen-bond acceptors (Lipinski definition) is 2. The zero-order valence-electron chi connectivity index (χ0n) is 10.7. The topological polar surface area (TPSA) is 35.2 Å². The first-order chi connectivity index (χ1) is 8.86. The third-order valence-corrected chi connectivity index (χ3v) is 2.96. The highest BCUT2D eigenvalue weighted by molar-refractivity contribution is 5.87. The summed E-state index contributed by atoms with van der Waals surface area (Å²) in [5.74, 6) is 0.942. The van der Waals surface area contributed by atoms with E-state index in [9.17, 15) is 0 Å². The van der Waals surface area contributed by atoms with Crippen molar-refractivity contribution in [2.24, 2.45) is 5.73 Å². The number of allylic oxidation sites excluding steroid dienone is 1. The van der Waals surface area contributed by atoms with Crippen molar-refractivity contribution in [2.45, 2.75) is 13.3 Å². The lowest BCUT2D eigenvalue weighted by Gasteiger charge is -2.12. The third kappa shape index (κ3) is 2.71. The van der Waals surface area contributed by atoms with E-state index in [1.165, 1.54) is 16.3 Å². The minimum atomic E-state index is 0.604. The minimum absolute atomic E-state index is 0.604. The summed E-state index contributed by atoms with van der Waals surface area (Å²) < 4.78 is 5.80. The summed E-state index contributed by atoms with van der Waals surface area (Å²) in [6.07, 6.45) is 4.83. The first-order valence-corrected chi connectivity index (χ1v) is 6.31. The maximum atomic E-state index is 5.80. The van der Waals surface area contributed by atoms with E-state index < -0.39 is 0 Å². The fraction of sp³-hybridized carbons (Fsp3) is 0.250. The summed E-state index contributed by atoms with van der Waals surface area (Å²) in [7, 11) is 0. The van der Waals surface area contributed by atoms with Crippen molar-refractivity contribution < 1.29 is 4.74 Å². The average Bonchev–Trinajstić information content (AvgIpc) is 2.41. The molecule has 0 aromatic heterocycles. The fourth-order valence-electron chi connectivity index (χ4n) is 2.09. The van der Waals surface area contributed by atoms with Crippen LogP contribution in [0, 0.1) is 0 Å². The Morgan fingerprint density at radius 1 is 1.17 bits per heavy atom. The van der Waals surface area contributed by atoms with Crippen molar-refractivity contribution in [3.05, 3.63) is 54.1 Å². The summed E-state index contributed by atoms with van der Waals surface area (Å²) in [6, 6.07) is 12.5. The zero-order valence-corrected chi connectivity index (χ0v) is 10.7. The molecular weight excluding hydrogens is 222 g/mol. The molecule has 0 amide bonds. The Bertz CT molecular complexity index is 546. The van der Waals surface area contributed by atoms with Crippen LogP contribution >= 0.6 is 0 Å². The second kappa shape index (κ2) is 6.22. The van der Waals surface area contributed by atoms with Crippen LogP contribution in [0.5, 0.6) is 5.75 Å². The van der Waals surface area contributed by atoms with Gasteiger partial charge in [0, 0.05) is 5.56 Å². The average molecular weight is 241 g/mol. The molecule has 94 valence electrons. The highest BCUT2D eigenvalue weighted by Crippen LogP contribution is 2.28. The number of fused-ring (bicyclic) bond motifs is 1. The molecule has 2 aromatic rings. The smallest absolute Gasteiger partial charge is 0.123 e. The molecule has 0 unspecified atom stereocenters. The van der Waals surface area contributed by atoms with Gasteiger partial charge in [-0.05, 0) is 36.7 Å². The predicted octanol–water partition coefficient (Wildman–Crippen LogP) is 3.30. The Morgan fingerprint density at radius 2 is 2.00 bits per heavy atom. The number of ether oxygens (including phenoxy) is 1. The fourth-order valence-corrected chi connectivity index (χ4v) is 2.09. The van der Waals surface area contributed by atoms with Gasteiger partial charge in [0.1, 0.15) is 12.4 Å². The van der Waals surface area contributed by atoms with Gasteiger partial charge >= 0.3 is 0 Å². The molecule has 2 aromatic carbocycles. The van der Waals surface area contributed by atoms with Crippen LogP contribution < -0.4 is 10.5 Å². The van der Waals surface area contributed by atoms with Crippen molar-refractivity contribution in [1.82, 2.24) is 0 Å². The summed E-state index contributed by atoms with van der Waals surface area (Å²) in [4.78, 5) is 0. The molecular formula is C16H19NO. The van der Waals surface area contributed by atoms with Crippen molar-refractivity contribution in [2.75, 3.05) is 13.2 Å². The van der Waals surface area contributed by atoms with Crippen LogP contribution in [0.4, 0.5) is 0 Å². The summed E-state index contributed by atoms with van der Waals surface area (Å²) in [6.45, 7) is 3.23. The van der Waals surface area contributed by atoms with Crippen LogP contribution in [0.15, 0.2) is 48.6 Å². The van der Waals surface area contributed by atoms with Crippen LogP contribution in [0.25, 0.3) is 10.8 Å². The SMILES string of the molecule is C/C=C/COc1ccc2ccccc2c1CCN. The third-order valence-electron chi connectivity index (χ3n) is 2.96. The van der Waals surface area contributed by atoms with E-state index in [0.29, 0.717) is 13.2 Å². The largest absolute Gasteiger partial charge is 0.489 e. The molecule has 2 rings (SSSR count). The maximum Gasteiger partial charge on any atom is 0.123 e. The Morgan fingerprint density at radius 3 is 2.78 bits per heavy atom. The summed E-state index contributed by atoms with van der Waals surface area (Å²) in [5.41, 5.74) is 6.91. The van der Waals surface area contributed by atoms with Gasteiger partial charge in [-0.25, -0.2) is 0 Å². The Hall–Kier alpha value is -1.80. The molecule has 0 fully saturated rings. The predicted molar refractivity (Wildman–Crippen MR) is 77.0 cm³/mol.